The lowest BCUT2D eigenvalue weighted by molar-refractivity contribution is 1.35. The van der Waals surface area contributed by atoms with Crippen molar-refractivity contribution < 1.29 is 0 Å². The maximum Gasteiger partial charge on any atom is 0.276 e. The van der Waals surface area contributed by atoms with Crippen LogP contribution in [0.4, 0.5) is 0 Å². The van der Waals surface area contributed by atoms with E-state index in [1.54, 1.807) is 6.69 Å². The first-order valence-electron chi connectivity index (χ1n) is 3.66. The van der Waals surface area contributed by atoms with Gasteiger partial charge in [-0.2, -0.15) is 11.5 Å². The fourth-order valence-corrected chi connectivity index (χ4v) is 1.71. The maximum absolute atomic E-state index is 5.66. The van der Waals surface area contributed by atoms with Gasteiger partial charge < -0.3 is 0 Å². The van der Waals surface area contributed by atoms with Gasteiger partial charge in [-0.05, 0) is 20.8 Å². The number of rotatable bonds is 1. The molecular weight excluding hydrogens is 154 g/mol. The topological polar surface area (TPSA) is 0 Å². The minimum Gasteiger partial charge on any atom is -0.197 e. The Balaban J connectivity index is 3.25. The zero-order chi connectivity index (χ0) is 8.43. The average Bonchev–Trinajstić information content (AvgIpc) is 1.85. The van der Waals surface area contributed by atoms with Crippen LogP contribution in [0.5, 0.6) is 0 Å². The summed E-state index contributed by atoms with van der Waals surface area (Å²) in [5.41, 5.74) is 4.94. The van der Waals surface area contributed by atoms with Crippen molar-refractivity contribution >= 4 is 23.6 Å². The highest BCUT2D eigenvalue weighted by atomic mass is 35.5. The van der Waals surface area contributed by atoms with Crippen LogP contribution in [0, 0.1) is 20.8 Å². The largest absolute Gasteiger partial charge is 0.276 e. The van der Waals surface area contributed by atoms with E-state index in [9.17, 15) is 0 Å². The minimum absolute atomic E-state index is 1.15. The van der Waals surface area contributed by atoms with Crippen LogP contribution in [-0.4, -0.2) is 6.69 Å². The summed E-state index contributed by atoms with van der Waals surface area (Å²) in [5.74, 6) is 0. The van der Waals surface area contributed by atoms with Crippen LogP contribution >= 0.6 is 11.5 Å². The third-order valence-corrected chi connectivity index (χ3v) is 2.07. The normalized spacial score (nSPS) is 9.82. The highest BCUT2D eigenvalue weighted by molar-refractivity contribution is 7.01. The molecule has 0 bridgehead atoms. The number of hydrogen-bond acceptors (Lipinski definition) is 0. The van der Waals surface area contributed by atoms with Gasteiger partial charge in [0, 0.05) is 0 Å². The summed E-state index contributed by atoms with van der Waals surface area (Å²) >= 11 is 5.66. The lowest BCUT2D eigenvalue weighted by Crippen LogP contribution is -2.16. The molecule has 0 unspecified atom stereocenters. The molecule has 0 heterocycles. The van der Waals surface area contributed by atoms with Crippen LogP contribution in [0.25, 0.3) is 0 Å². The van der Waals surface area contributed by atoms with E-state index in [0.717, 1.165) is 5.46 Å². The lowest BCUT2D eigenvalue weighted by atomic mass is 9.85. The summed E-state index contributed by atoms with van der Waals surface area (Å²) < 4.78 is 0. The molecule has 0 saturated carbocycles. The molecule has 0 aromatic heterocycles. The van der Waals surface area contributed by atoms with Gasteiger partial charge in [-0.15, -0.1) is 0 Å². The van der Waals surface area contributed by atoms with Gasteiger partial charge in [-0.3, -0.25) is 0 Å². The summed E-state index contributed by atoms with van der Waals surface area (Å²) in [5, 5.41) is 0. The first-order chi connectivity index (χ1) is 5.15. The van der Waals surface area contributed by atoms with Gasteiger partial charge in [-0.25, -0.2) is 0 Å². The maximum atomic E-state index is 5.66. The average molecular weight is 165 g/mol. The summed E-state index contributed by atoms with van der Waals surface area (Å²) in [6, 6.07) is 4.28. The second kappa shape index (κ2) is 3.31. The van der Waals surface area contributed by atoms with Crippen LogP contribution in [0.2, 0.25) is 0 Å². The second-order valence-electron chi connectivity index (χ2n) is 2.92. The smallest absolute Gasteiger partial charge is 0.197 e. The zero-order valence-electron chi connectivity index (χ0n) is 7.11. The van der Waals surface area contributed by atoms with Gasteiger partial charge >= 0.3 is 0 Å². The molecule has 0 aliphatic carbocycles. The Kier molecular flexibility index (Phi) is 2.61. The predicted molar refractivity (Wildman–Crippen MR) is 51.9 cm³/mol. The van der Waals surface area contributed by atoms with Crippen LogP contribution in [0.1, 0.15) is 16.7 Å². The Morgan fingerprint density at radius 3 is 1.91 bits per heavy atom. The van der Waals surface area contributed by atoms with Crippen LogP contribution < -0.4 is 5.46 Å². The number of benzene rings is 1. The van der Waals surface area contributed by atoms with Crippen molar-refractivity contribution in [2.75, 3.05) is 0 Å². The highest BCUT2D eigenvalue weighted by Crippen LogP contribution is 2.05. The zero-order valence-corrected chi connectivity index (χ0v) is 7.87. The Labute approximate surface area is 73.7 Å². The van der Waals surface area contributed by atoms with Crippen molar-refractivity contribution in [3.63, 3.8) is 0 Å². The molecule has 2 heteroatoms. The predicted octanol–water partition coefficient (Wildman–Crippen LogP) is 2.10. The van der Waals surface area contributed by atoms with E-state index < -0.39 is 0 Å². The molecule has 1 radical (unpaired) electrons. The van der Waals surface area contributed by atoms with Gasteiger partial charge in [0.25, 0.3) is 6.69 Å². The Bertz CT molecular complexity index is 245. The summed E-state index contributed by atoms with van der Waals surface area (Å²) in [6.45, 7) is 7.89. The molecule has 11 heavy (non-hydrogen) atoms. The summed E-state index contributed by atoms with van der Waals surface area (Å²) in [6.07, 6.45) is 0. The van der Waals surface area contributed by atoms with E-state index in [2.05, 4.69) is 32.9 Å². The molecule has 0 fully saturated rings. The molecule has 1 aromatic carbocycles. The van der Waals surface area contributed by atoms with E-state index in [0.29, 0.717) is 0 Å². The first kappa shape index (κ1) is 8.67. The monoisotopic (exact) mass is 165 g/mol. The molecule has 0 N–H and O–H groups in total. The Hall–Kier alpha value is -0.425. The molecule has 1 aromatic rings. The molecule has 0 atom stereocenters. The standard InChI is InChI=1S/C9H11BCl/c1-6-4-7(2)9(10-11)8(3)5-6/h4-5H,1-3H3. The number of aryl methyl sites for hydroxylation is 3. The third kappa shape index (κ3) is 1.78. The van der Waals surface area contributed by atoms with Crippen molar-refractivity contribution in [3.05, 3.63) is 28.8 Å². The van der Waals surface area contributed by atoms with Gasteiger partial charge in [0.05, 0.1) is 0 Å². The fourth-order valence-electron chi connectivity index (χ4n) is 1.36. The van der Waals surface area contributed by atoms with Crippen molar-refractivity contribution in [1.29, 1.82) is 0 Å². The molecule has 57 valence electrons. The van der Waals surface area contributed by atoms with Crippen molar-refractivity contribution in [1.82, 2.24) is 0 Å². The van der Waals surface area contributed by atoms with Crippen molar-refractivity contribution in [3.8, 4) is 0 Å². The molecule has 0 nitrogen and oxygen atoms in total. The van der Waals surface area contributed by atoms with Crippen molar-refractivity contribution in [2.45, 2.75) is 20.8 Å². The Morgan fingerprint density at radius 2 is 1.55 bits per heavy atom. The molecule has 0 aliphatic rings. The number of hydrogen-bond donors (Lipinski definition) is 0. The molecule has 1 rings (SSSR count). The molecule has 0 spiro atoms. The van der Waals surface area contributed by atoms with Crippen LogP contribution in [0.15, 0.2) is 12.1 Å². The molecular formula is C9H11BCl. The van der Waals surface area contributed by atoms with Gasteiger partial charge in [0.2, 0.25) is 0 Å². The lowest BCUT2D eigenvalue weighted by Gasteiger charge is -2.06. The minimum atomic E-state index is 1.15. The van der Waals surface area contributed by atoms with E-state index >= 15 is 0 Å². The van der Waals surface area contributed by atoms with E-state index in [4.69, 9.17) is 11.5 Å². The van der Waals surface area contributed by atoms with E-state index in [1.165, 1.54) is 16.7 Å². The van der Waals surface area contributed by atoms with Gasteiger partial charge in [-0.1, -0.05) is 34.3 Å². The third-order valence-electron chi connectivity index (χ3n) is 1.85. The fraction of sp³-hybridized carbons (Fsp3) is 0.333. The summed E-state index contributed by atoms with van der Waals surface area (Å²) in [7, 11) is 0. The van der Waals surface area contributed by atoms with Gasteiger partial charge in [0.15, 0.2) is 0 Å². The molecule has 0 aliphatic heterocycles. The second-order valence-corrected chi connectivity index (χ2v) is 3.14. The highest BCUT2D eigenvalue weighted by Gasteiger charge is 2.02. The molecule has 0 saturated heterocycles. The van der Waals surface area contributed by atoms with Gasteiger partial charge in [0.1, 0.15) is 0 Å². The molecule has 0 amide bonds. The first-order valence-corrected chi connectivity index (χ1v) is 4.10. The SMILES string of the molecule is Cc1cc(C)c([B]Cl)c(C)c1. The van der Waals surface area contributed by atoms with Crippen LogP contribution in [0.3, 0.4) is 0 Å². The van der Waals surface area contributed by atoms with Crippen LogP contribution in [-0.2, 0) is 0 Å². The number of halogens is 1. The summed E-state index contributed by atoms with van der Waals surface area (Å²) in [4.78, 5) is 0. The van der Waals surface area contributed by atoms with E-state index in [-0.39, 0.29) is 0 Å². The van der Waals surface area contributed by atoms with Crippen molar-refractivity contribution in [2.24, 2.45) is 0 Å². The van der Waals surface area contributed by atoms with E-state index in [1.807, 2.05) is 0 Å². The Morgan fingerprint density at radius 1 is 1.09 bits per heavy atom. The quantitative estimate of drug-likeness (QED) is 0.559.